The summed E-state index contributed by atoms with van der Waals surface area (Å²) in [5.41, 5.74) is 0. The van der Waals surface area contributed by atoms with Crippen molar-refractivity contribution in [2.45, 2.75) is 32.1 Å². The monoisotopic (exact) mass is 300 g/mol. The molecule has 0 radical (unpaired) electrons. The van der Waals surface area contributed by atoms with Gasteiger partial charge in [-0.3, -0.25) is 0 Å². The molecule has 0 atom stereocenters. The second-order valence-electron chi connectivity index (χ2n) is 6.49. The van der Waals surface area contributed by atoms with E-state index in [2.05, 4.69) is 80.3 Å². The first kappa shape index (κ1) is 15.5. The molecule has 0 unspecified atom stereocenters. The Balaban J connectivity index is 2.13. The van der Waals surface area contributed by atoms with Gasteiger partial charge in [0.05, 0.1) is 0 Å². The van der Waals surface area contributed by atoms with Crippen molar-refractivity contribution in [1.82, 2.24) is 0 Å². The minimum Gasteiger partial charge on any atom is -0.0695 e. The molecule has 0 heterocycles. The molecule has 0 spiro atoms. The normalized spacial score (nSPS) is 11.8. The van der Waals surface area contributed by atoms with Gasteiger partial charge >= 0.3 is 0 Å². The van der Waals surface area contributed by atoms with E-state index in [0.29, 0.717) is 0 Å². The Labute approximate surface area is 126 Å². The number of hydrogen-bond acceptors (Lipinski definition) is 0. The molecule has 0 aliphatic carbocycles. The third kappa shape index (κ3) is 4.88. The van der Waals surface area contributed by atoms with Crippen LogP contribution in [0.15, 0.2) is 60.7 Å². The van der Waals surface area contributed by atoms with Gasteiger partial charge < -0.3 is 0 Å². The van der Waals surface area contributed by atoms with Crippen LogP contribution in [0.5, 0.6) is 0 Å². The molecule has 0 bridgehead atoms. The molecule has 0 amide bonds. The van der Waals surface area contributed by atoms with Gasteiger partial charge in [-0.25, -0.2) is 0 Å². The summed E-state index contributed by atoms with van der Waals surface area (Å²) in [7, 11) is -1.10. The SMILES string of the molecule is C[Si](C)(C)CCCP(c1ccccc1)c1ccccc1. The fourth-order valence-corrected chi connectivity index (χ4v) is 6.28. The van der Waals surface area contributed by atoms with E-state index in [1.54, 1.807) is 0 Å². The second-order valence-corrected chi connectivity index (χ2v) is 14.4. The third-order valence-corrected chi connectivity index (χ3v) is 7.90. The molecule has 0 nitrogen and oxygen atoms in total. The van der Waals surface area contributed by atoms with Gasteiger partial charge in [0.15, 0.2) is 0 Å². The second kappa shape index (κ2) is 7.20. The summed E-state index contributed by atoms with van der Waals surface area (Å²) in [5.74, 6) is 0. The summed E-state index contributed by atoms with van der Waals surface area (Å²) < 4.78 is 0. The van der Waals surface area contributed by atoms with E-state index < -0.39 is 8.07 Å². The molecular weight excluding hydrogens is 275 g/mol. The summed E-state index contributed by atoms with van der Waals surface area (Å²) in [6.45, 7) is 7.42. The molecule has 2 heteroatoms. The van der Waals surface area contributed by atoms with E-state index in [-0.39, 0.29) is 7.92 Å². The minimum atomic E-state index is -0.916. The zero-order valence-corrected chi connectivity index (χ0v) is 14.7. The summed E-state index contributed by atoms with van der Waals surface area (Å²) in [5, 5.41) is 3.04. The van der Waals surface area contributed by atoms with Gasteiger partial charge in [0.1, 0.15) is 0 Å². The summed E-state index contributed by atoms with van der Waals surface area (Å²) in [4.78, 5) is 0. The predicted molar refractivity (Wildman–Crippen MR) is 96.7 cm³/mol. The molecule has 0 saturated heterocycles. The zero-order chi connectivity index (χ0) is 14.4. The lowest BCUT2D eigenvalue weighted by Crippen LogP contribution is -2.20. The predicted octanol–water partition coefficient (Wildman–Crippen LogP) is 4.85. The Bertz CT molecular complexity index is 462. The Morgan fingerprint density at radius 2 is 1.20 bits per heavy atom. The first-order valence-electron chi connectivity index (χ1n) is 7.44. The minimum absolute atomic E-state index is 0.182. The van der Waals surface area contributed by atoms with Crippen LogP contribution in [-0.4, -0.2) is 14.2 Å². The zero-order valence-electron chi connectivity index (χ0n) is 12.8. The van der Waals surface area contributed by atoms with E-state index in [1.807, 2.05) is 0 Å². The maximum absolute atomic E-state index is 2.47. The first-order valence-corrected chi connectivity index (χ1v) is 12.7. The third-order valence-electron chi connectivity index (χ3n) is 3.44. The lowest BCUT2D eigenvalue weighted by Gasteiger charge is -2.21. The van der Waals surface area contributed by atoms with Crippen LogP contribution in [0.4, 0.5) is 0 Å². The smallest absolute Gasteiger partial charge is 0.0442 e. The Morgan fingerprint density at radius 1 is 0.750 bits per heavy atom. The van der Waals surface area contributed by atoms with Crippen LogP contribution in [0.3, 0.4) is 0 Å². The highest BCUT2D eigenvalue weighted by Gasteiger charge is 2.16. The van der Waals surface area contributed by atoms with Crippen LogP contribution in [0.25, 0.3) is 0 Å². The summed E-state index contributed by atoms with van der Waals surface area (Å²) in [6.07, 6.45) is 2.69. The van der Waals surface area contributed by atoms with E-state index in [9.17, 15) is 0 Å². The van der Waals surface area contributed by atoms with Crippen molar-refractivity contribution in [2.75, 3.05) is 6.16 Å². The van der Waals surface area contributed by atoms with Crippen LogP contribution >= 0.6 is 7.92 Å². The van der Waals surface area contributed by atoms with E-state index >= 15 is 0 Å². The van der Waals surface area contributed by atoms with Crippen molar-refractivity contribution < 1.29 is 0 Å². The highest BCUT2D eigenvalue weighted by molar-refractivity contribution is 7.73. The van der Waals surface area contributed by atoms with Crippen LogP contribution in [0, 0.1) is 0 Å². The van der Waals surface area contributed by atoms with Gasteiger partial charge in [-0.2, -0.15) is 0 Å². The average Bonchev–Trinajstić information content (AvgIpc) is 2.44. The van der Waals surface area contributed by atoms with Crippen molar-refractivity contribution >= 4 is 26.6 Å². The topological polar surface area (TPSA) is 0 Å². The van der Waals surface area contributed by atoms with Gasteiger partial charge in [-0.1, -0.05) is 92.8 Å². The van der Waals surface area contributed by atoms with Gasteiger partial charge in [-0.05, 0) is 24.7 Å². The molecule has 0 saturated carbocycles. The summed E-state index contributed by atoms with van der Waals surface area (Å²) in [6, 6.07) is 23.6. The van der Waals surface area contributed by atoms with Crippen molar-refractivity contribution in [2.24, 2.45) is 0 Å². The fraction of sp³-hybridized carbons (Fsp3) is 0.333. The van der Waals surface area contributed by atoms with E-state index in [4.69, 9.17) is 0 Å². The van der Waals surface area contributed by atoms with Crippen LogP contribution in [0.1, 0.15) is 6.42 Å². The molecular formula is C18H25PSi. The Morgan fingerprint density at radius 3 is 1.60 bits per heavy atom. The van der Waals surface area contributed by atoms with Crippen LogP contribution < -0.4 is 10.6 Å². The molecule has 20 heavy (non-hydrogen) atoms. The molecule has 0 aliphatic heterocycles. The number of benzene rings is 2. The van der Waals surface area contributed by atoms with Crippen LogP contribution in [-0.2, 0) is 0 Å². The maximum atomic E-state index is 2.47. The molecule has 0 aromatic heterocycles. The number of hydrogen-bond donors (Lipinski definition) is 0. The lowest BCUT2D eigenvalue weighted by molar-refractivity contribution is 1.06. The van der Waals surface area contributed by atoms with E-state index in [1.165, 1.54) is 29.2 Å². The molecule has 2 rings (SSSR count). The Kier molecular flexibility index (Phi) is 5.57. The molecule has 0 fully saturated rings. The quantitative estimate of drug-likeness (QED) is 0.528. The first-order chi connectivity index (χ1) is 9.56. The van der Waals surface area contributed by atoms with Gasteiger partial charge in [0.2, 0.25) is 0 Å². The highest BCUT2D eigenvalue weighted by atomic mass is 31.1. The molecule has 106 valence electrons. The molecule has 2 aromatic carbocycles. The Hall–Kier alpha value is -0.913. The highest BCUT2D eigenvalue weighted by Crippen LogP contribution is 2.35. The standard InChI is InChI=1S/C18H25PSi/c1-20(2,3)16-10-15-19(17-11-6-4-7-12-17)18-13-8-5-9-14-18/h4-9,11-14H,10,15-16H2,1-3H3. The van der Waals surface area contributed by atoms with Crippen molar-refractivity contribution in [3.63, 3.8) is 0 Å². The summed E-state index contributed by atoms with van der Waals surface area (Å²) >= 11 is 0. The number of rotatable bonds is 6. The lowest BCUT2D eigenvalue weighted by atomic mass is 10.4. The van der Waals surface area contributed by atoms with E-state index in [0.717, 1.165) is 0 Å². The largest absolute Gasteiger partial charge is 0.0695 e. The van der Waals surface area contributed by atoms with Crippen molar-refractivity contribution in [3.05, 3.63) is 60.7 Å². The molecule has 0 aliphatic rings. The van der Waals surface area contributed by atoms with Crippen molar-refractivity contribution in [3.8, 4) is 0 Å². The molecule has 0 N–H and O–H groups in total. The van der Waals surface area contributed by atoms with Gasteiger partial charge in [0, 0.05) is 8.07 Å². The van der Waals surface area contributed by atoms with Gasteiger partial charge in [-0.15, -0.1) is 0 Å². The van der Waals surface area contributed by atoms with Crippen LogP contribution in [0.2, 0.25) is 25.7 Å². The maximum Gasteiger partial charge on any atom is 0.0442 e. The van der Waals surface area contributed by atoms with Crippen molar-refractivity contribution in [1.29, 1.82) is 0 Å². The van der Waals surface area contributed by atoms with Gasteiger partial charge in [0.25, 0.3) is 0 Å². The molecule has 2 aromatic rings. The average molecular weight is 300 g/mol. The fourth-order valence-electron chi connectivity index (χ4n) is 2.39.